The Balaban J connectivity index is 2.49. The number of rotatable bonds is 1. The minimum absolute atomic E-state index is 0.0714. The van der Waals surface area contributed by atoms with E-state index in [2.05, 4.69) is 4.74 Å². The Morgan fingerprint density at radius 1 is 1.50 bits per heavy atom. The number of esters is 1. The predicted octanol–water partition coefficient (Wildman–Crippen LogP) is -0.352. The molecule has 1 aliphatic carbocycles. The molecule has 0 heterocycles. The van der Waals surface area contributed by atoms with E-state index in [-0.39, 0.29) is 17.9 Å². The molecule has 0 aromatic rings. The first-order valence-corrected chi connectivity index (χ1v) is 4.15. The van der Waals surface area contributed by atoms with Crippen LogP contribution >= 0.6 is 0 Å². The average Bonchev–Trinajstić information content (AvgIpc) is 2.01. The minimum atomic E-state index is -0.446. The second kappa shape index (κ2) is 3.87. The van der Waals surface area contributed by atoms with E-state index < -0.39 is 6.10 Å². The van der Waals surface area contributed by atoms with Crippen molar-refractivity contribution in [3.8, 4) is 0 Å². The fraction of sp³-hybridized carbons (Fsp3) is 0.875. The smallest absolute Gasteiger partial charge is 0.308 e. The van der Waals surface area contributed by atoms with E-state index in [1.165, 1.54) is 7.11 Å². The molecule has 12 heavy (non-hydrogen) atoms. The molecule has 0 aromatic carbocycles. The largest absolute Gasteiger partial charge is 0.469 e. The topological polar surface area (TPSA) is 72.5 Å². The van der Waals surface area contributed by atoms with Crippen molar-refractivity contribution >= 4 is 5.97 Å². The first kappa shape index (κ1) is 9.48. The molecule has 0 unspecified atom stereocenters. The summed E-state index contributed by atoms with van der Waals surface area (Å²) < 4.78 is 4.58. The van der Waals surface area contributed by atoms with E-state index in [0.29, 0.717) is 19.3 Å². The zero-order valence-corrected chi connectivity index (χ0v) is 7.19. The average molecular weight is 173 g/mol. The summed E-state index contributed by atoms with van der Waals surface area (Å²) in [5.74, 6) is -0.474. The summed E-state index contributed by atoms with van der Waals surface area (Å²) in [5, 5.41) is 9.31. The molecular formula is C8H15NO3. The number of carbonyl (C=O) groups excluding carboxylic acids is 1. The highest BCUT2D eigenvalue weighted by atomic mass is 16.5. The van der Waals surface area contributed by atoms with Gasteiger partial charge in [-0.25, -0.2) is 0 Å². The lowest BCUT2D eigenvalue weighted by molar-refractivity contribution is -0.148. The van der Waals surface area contributed by atoms with Crippen LogP contribution in [0.5, 0.6) is 0 Å². The maximum absolute atomic E-state index is 11.1. The number of nitrogens with two attached hydrogens (primary N) is 1. The zero-order chi connectivity index (χ0) is 9.14. The molecule has 0 saturated heterocycles. The van der Waals surface area contributed by atoms with Crippen LogP contribution in [-0.2, 0) is 9.53 Å². The molecule has 3 atom stereocenters. The molecule has 4 nitrogen and oxygen atoms in total. The Kier molecular flexibility index (Phi) is 3.05. The second-order valence-electron chi connectivity index (χ2n) is 3.34. The van der Waals surface area contributed by atoms with Crippen LogP contribution in [0, 0.1) is 5.92 Å². The lowest BCUT2D eigenvalue weighted by atomic mass is 9.84. The monoisotopic (exact) mass is 173 g/mol. The summed E-state index contributed by atoms with van der Waals surface area (Å²) >= 11 is 0. The summed E-state index contributed by atoms with van der Waals surface area (Å²) in [7, 11) is 1.36. The third kappa shape index (κ3) is 2.19. The summed E-state index contributed by atoms with van der Waals surface area (Å²) in [6.07, 6.45) is 1.26. The maximum Gasteiger partial charge on any atom is 0.308 e. The van der Waals surface area contributed by atoms with Gasteiger partial charge in [0.05, 0.1) is 19.1 Å². The van der Waals surface area contributed by atoms with Crippen molar-refractivity contribution in [2.24, 2.45) is 11.7 Å². The number of carbonyl (C=O) groups is 1. The lowest BCUT2D eigenvalue weighted by Gasteiger charge is -2.28. The van der Waals surface area contributed by atoms with Gasteiger partial charge in [0.1, 0.15) is 0 Å². The SMILES string of the molecule is COC(=O)[C@@H]1C[C@H](N)C[C@H](O)C1. The molecule has 1 saturated carbocycles. The summed E-state index contributed by atoms with van der Waals surface area (Å²) in [6, 6.07) is -0.0714. The first-order chi connectivity index (χ1) is 5.63. The number of hydrogen-bond donors (Lipinski definition) is 2. The summed E-state index contributed by atoms with van der Waals surface area (Å²) in [5.41, 5.74) is 5.64. The van der Waals surface area contributed by atoms with Crippen LogP contribution in [0.4, 0.5) is 0 Å². The standard InChI is InChI=1S/C8H15NO3/c1-12-8(11)5-2-6(9)4-7(10)3-5/h5-7,10H,2-4,9H2,1H3/t5-,6+,7-/m1/s1. The van der Waals surface area contributed by atoms with Crippen molar-refractivity contribution in [3.63, 3.8) is 0 Å². The van der Waals surface area contributed by atoms with Gasteiger partial charge in [0, 0.05) is 6.04 Å². The predicted molar refractivity (Wildman–Crippen MR) is 43.3 cm³/mol. The maximum atomic E-state index is 11.1. The Hall–Kier alpha value is -0.610. The molecule has 3 N–H and O–H groups in total. The molecule has 1 fully saturated rings. The van der Waals surface area contributed by atoms with Crippen LogP contribution in [0.15, 0.2) is 0 Å². The Labute approximate surface area is 71.7 Å². The van der Waals surface area contributed by atoms with Gasteiger partial charge in [-0.3, -0.25) is 4.79 Å². The Bertz CT molecular complexity index is 162. The van der Waals surface area contributed by atoms with Gasteiger partial charge in [0.2, 0.25) is 0 Å². The van der Waals surface area contributed by atoms with Crippen molar-refractivity contribution in [2.75, 3.05) is 7.11 Å². The van der Waals surface area contributed by atoms with Crippen LogP contribution in [0.1, 0.15) is 19.3 Å². The van der Waals surface area contributed by atoms with Gasteiger partial charge in [-0.05, 0) is 19.3 Å². The minimum Gasteiger partial charge on any atom is -0.469 e. The lowest BCUT2D eigenvalue weighted by Crippen LogP contribution is -2.38. The van der Waals surface area contributed by atoms with Crippen LogP contribution in [-0.4, -0.2) is 30.3 Å². The van der Waals surface area contributed by atoms with Crippen molar-refractivity contribution in [1.82, 2.24) is 0 Å². The number of methoxy groups -OCH3 is 1. The second-order valence-corrected chi connectivity index (χ2v) is 3.34. The van der Waals surface area contributed by atoms with Gasteiger partial charge in [0.15, 0.2) is 0 Å². The third-order valence-corrected chi connectivity index (χ3v) is 2.25. The number of hydrogen-bond acceptors (Lipinski definition) is 4. The summed E-state index contributed by atoms with van der Waals surface area (Å²) in [6.45, 7) is 0. The normalized spacial score (nSPS) is 36.1. The Morgan fingerprint density at radius 3 is 2.67 bits per heavy atom. The van der Waals surface area contributed by atoms with Gasteiger partial charge in [-0.15, -0.1) is 0 Å². The van der Waals surface area contributed by atoms with Crippen LogP contribution in [0.2, 0.25) is 0 Å². The molecule has 0 aliphatic heterocycles. The van der Waals surface area contributed by atoms with E-state index >= 15 is 0 Å². The molecule has 0 radical (unpaired) electrons. The molecular weight excluding hydrogens is 158 g/mol. The van der Waals surface area contributed by atoms with Gasteiger partial charge in [-0.1, -0.05) is 0 Å². The first-order valence-electron chi connectivity index (χ1n) is 4.15. The number of aliphatic hydroxyl groups is 1. The van der Waals surface area contributed by atoms with E-state index in [0.717, 1.165) is 0 Å². The van der Waals surface area contributed by atoms with E-state index in [1.54, 1.807) is 0 Å². The fourth-order valence-electron chi connectivity index (χ4n) is 1.69. The molecule has 0 bridgehead atoms. The molecule has 70 valence electrons. The molecule has 0 spiro atoms. The highest BCUT2D eigenvalue weighted by molar-refractivity contribution is 5.72. The van der Waals surface area contributed by atoms with Crippen molar-refractivity contribution in [1.29, 1.82) is 0 Å². The highest BCUT2D eigenvalue weighted by Crippen LogP contribution is 2.24. The van der Waals surface area contributed by atoms with Crippen LogP contribution in [0.3, 0.4) is 0 Å². The van der Waals surface area contributed by atoms with E-state index in [1.807, 2.05) is 0 Å². The Morgan fingerprint density at radius 2 is 2.17 bits per heavy atom. The van der Waals surface area contributed by atoms with Gasteiger partial charge in [-0.2, -0.15) is 0 Å². The third-order valence-electron chi connectivity index (χ3n) is 2.25. The van der Waals surface area contributed by atoms with E-state index in [9.17, 15) is 9.90 Å². The van der Waals surface area contributed by atoms with Gasteiger partial charge in [0.25, 0.3) is 0 Å². The molecule has 1 rings (SSSR count). The molecule has 0 aromatic heterocycles. The van der Waals surface area contributed by atoms with Crippen molar-refractivity contribution in [3.05, 3.63) is 0 Å². The van der Waals surface area contributed by atoms with Crippen molar-refractivity contribution < 1.29 is 14.6 Å². The van der Waals surface area contributed by atoms with Crippen LogP contribution < -0.4 is 5.73 Å². The highest BCUT2D eigenvalue weighted by Gasteiger charge is 2.30. The van der Waals surface area contributed by atoms with Crippen LogP contribution in [0.25, 0.3) is 0 Å². The van der Waals surface area contributed by atoms with Gasteiger partial charge >= 0.3 is 5.97 Å². The zero-order valence-electron chi connectivity index (χ0n) is 7.19. The number of aliphatic hydroxyl groups excluding tert-OH is 1. The van der Waals surface area contributed by atoms with Gasteiger partial charge < -0.3 is 15.6 Å². The number of ether oxygens (including phenoxy) is 1. The van der Waals surface area contributed by atoms with Crippen molar-refractivity contribution in [2.45, 2.75) is 31.4 Å². The molecule has 0 amide bonds. The molecule has 4 heteroatoms. The van der Waals surface area contributed by atoms with E-state index in [4.69, 9.17) is 5.73 Å². The molecule has 1 aliphatic rings. The quantitative estimate of drug-likeness (QED) is 0.531. The fourth-order valence-corrected chi connectivity index (χ4v) is 1.69. The summed E-state index contributed by atoms with van der Waals surface area (Å²) in [4.78, 5) is 11.1.